The lowest BCUT2D eigenvalue weighted by Gasteiger charge is -2.25. The molecule has 17 heteroatoms. The third kappa shape index (κ3) is 7.92. The highest BCUT2D eigenvalue weighted by molar-refractivity contribution is 7.09. The first-order valence-electron chi connectivity index (χ1n) is 11.9. The number of carboxylic acid groups (broad SMARTS) is 2. The van der Waals surface area contributed by atoms with Crippen LogP contribution in [0.4, 0.5) is 32.0 Å². The second-order valence-corrected chi connectivity index (χ2v) is 10.3. The number of pyridine rings is 2. The standard InChI is InChI=1S/C21H21N5OS.2C2HF3O2/c1-15-24-17(12-28-15)20(27)25-9-6-21(13-25)14-26(11-16-4-2-7-22-10-16)18-5-3-8-23-19(18)21;2*3-2(4,5)1(6)7/h2-5,7-8,10,12H,6,9,11,13-14H2,1H3;2*(H,6,7). The van der Waals surface area contributed by atoms with Gasteiger partial charge in [-0.15, -0.1) is 11.3 Å². The molecule has 0 aromatic carbocycles. The van der Waals surface area contributed by atoms with E-state index in [0.29, 0.717) is 12.2 Å². The van der Waals surface area contributed by atoms with Crippen LogP contribution in [0.1, 0.15) is 33.2 Å². The number of rotatable bonds is 3. The summed E-state index contributed by atoms with van der Waals surface area (Å²) in [6.45, 7) is 5.03. The largest absolute Gasteiger partial charge is 0.490 e. The molecule has 1 amide bonds. The molecule has 10 nitrogen and oxygen atoms in total. The van der Waals surface area contributed by atoms with Crippen LogP contribution in [-0.4, -0.2) is 79.9 Å². The van der Waals surface area contributed by atoms with Crippen LogP contribution in [0.2, 0.25) is 0 Å². The maximum Gasteiger partial charge on any atom is 0.490 e. The Kier molecular flexibility index (Phi) is 9.75. The number of thiazole rings is 1. The van der Waals surface area contributed by atoms with Gasteiger partial charge in [0.15, 0.2) is 0 Å². The van der Waals surface area contributed by atoms with Gasteiger partial charge in [-0.3, -0.25) is 14.8 Å². The van der Waals surface area contributed by atoms with Gasteiger partial charge >= 0.3 is 24.3 Å². The van der Waals surface area contributed by atoms with Crippen LogP contribution in [0.15, 0.2) is 48.2 Å². The average Bonchev–Trinajstić information content (AvgIpc) is 3.62. The van der Waals surface area contributed by atoms with Crippen molar-refractivity contribution in [1.82, 2.24) is 19.9 Å². The predicted molar refractivity (Wildman–Crippen MR) is 136 cm³/mol. The number of carbonyl (C=O) groups is 3. The highest BCUT2D eigenvalue weighted by atomic mass is 32.1. The molecule has 2 aliphatic heterocycles. The summed E-state index contributed by atoms with van der Waals surface area (Å²) in [5.74, 6) is -5.48. The van der Waals surface area contributed by atoms with Gasteiger partial charge in [-0.05, 0) is 37.1 Å². The Labute approximate surface area is 238 Å². The molecule has 0 radical (unpaired) electrons. The number of halogens is 6. The molecule has 2 aliphatic rings. The Hall–Kier alpha value is -4.28. The molecule has 226 valence electrons. The molecular formula is C25H23F6N5O5S. The minimum absolute atomic E-state index is 0.0319. The van der Waals surface area contributed by atoms with Crippen LogP contribution in [0, 0.1) is 6.92 Å². The monoisotopic (exact) mass is 619 g/mol. The number of hydrogen-bond acceptors (Lipinski definition) is 8. The van der Waals surface area contributed by atoms with Crippen molar-refractivity contribution in [3.05, 3.63) is 70.2 Å². The van der Waals surface area contributed by atoms with Gasteiger partial charge in [-0.25, -0.2) is 14.6 Å². The fourth-order valence-electron chi connectivity index (χ4n) is 4.43. The van der Waals surface area contributed by atoms with E-state index in [-0.39, 0.29) is 11.3 Å². The molecule has 5 rings (SSSR count). The fraction of sp³-hybridized carbons (Fsp3) is 0.360. The number of amides is 1. The van der Waals surface area contributed by atoms with Crippen molar-refractivity contribution in [2.75, 3.05) is 24.5 Å². The van der Waals surface area contributed by atoms with Gasteiger partial charge in [0, 0.05) is 50.1 Å². The molecule has 1 unspecified atom stereocenters. The van der Waals surface area contributed by atoms with Crippen LogP contribution in [0.25, 0.3) is 0 Å². The van der Waals surface area contributed by atoms with Crippen LogP contribution in [0.3, 0.4) is 0 Å². The molecule has 0 bridgehead atoms. The highest BCUT2D eigenvalue weighted by Gasteiger charge is 2.49. The number of aromatic nitrogens is 3. The second-order valence-electron chi connectivity index (χ2n) is 9.20. The highest BCUT2D eigenvalue weighted by Crippen LogP contribution is 2.45. The van der Waals surface area contributed by atoms with Gasteiger partial charge in [0.25, 0.3) is 5.91 Å². The summed E-state index contributed by atoms with van der Waals surface area (Å²) >= 11 is 1.52. The first-order valence-corrected chi connectivity index (χ1v) is 12.8. The predicted octanol–water partition coefficient (Wildman–Crippen LogP) is 4.31. The lowest BCUT2D eigenvalue weighted by atomic mass is 9.85. The first-order chi connectivity index (χ1) is 19.5. The number of aliphatic carboxylic acids is 2. The lowest BCUT2D eigenvalue weighted by Crippen LogP contribution is -2.38. The van der Waals surface area contributed by atoms with Crippen molar-refractivity contribution in [1.29, 1.82) is 0 Å². The maximum atomic E-state index is 12.9. The molecule has 0 aliphatic carbocycles. The van der Waals surface area contributed by atoms with Crippen molar-refractivity contribution in [3.8, 4) is 0 Å². The summed E-state index contributed by atoms with van der Waals surface area (Å²) in [6, 6.07) is 8.20. The number of carboxylic acids is 2. The Morgan fingerprint density at radius 3 is 2.14 bits per heavy atom. The summed E-state index contributed by atoms with van der Waals surface area (Å²) in [6.07, 6.45) is -3.67. The molecule has 1 atom stereocenters. The van der Waals surface area contributed by atoms with Crippen LogP contribution >= 0.6 is 11.3 Å². The first kappa shape index (κ1) is 32.2. The maximum absolute atomic E-state index is 12.9. The minimum atomic E-state index is -5.08. The molecule has 1 saturated heterocycles. The molecule has 1 fully saturated rings. The van der Waals surface area contributed by atoms with E-state index in [1.807, 2.05) is 41.7 Å². The summed E-state index contributed by atoms with van der Waals surface area (Å²) in [5, 5.41) is 17.0. The molecule has 0 saturated carbocycles. The Bertz CT molecular complexity index is 1390. The number of alkyl halides is 6. The number of anilines is 1. The minimum Gasteiger partial charge on any atom is -0.475 e. The quantitative estimate of drug-likeness (QED) is 0.411. The molecule has 3 aromatic heterocycles. The van der Waals surface area contributed by atoms with Crippen molar-refractivity contribution in [3.63, 3.8) is 0 Å². The Morgan fingerprint density at radius 2 is 1.62 bits per heavy atom. The summed E-state index contributed by atoms with van der Waals surface area (Å²) in [4.78, 5) is 48.4. The van der Waals surface area contributed by atoms with Crippen LogP contribution in [-0.2, 0) is 21.5 Å². The van der Waals surface area contributed by atoms with Crippen molar-refractivity contribution in [2.45, 2.75) is 37.7 Å². The zero-order valence-electron chi connectivity index (χ0n) is 21.7. The molecule has 3 aromatic rings. The summed E-state index contributed by atoms with van der Waals surface area (Å²) in [5.41, 5.74) is 3.91. The van der Waals surface area contributed by atoms with Gasteiger partial charge in [0.2, 0.25) is 0 Å². The molecule has 1 spiro atoms. The number of fused-ring (bicyclic) bond motifs is 2. The Balaban J connectivity index is 0.000000289. The van der Waals surface area contributed by atoms with Crippen LogP contribution in [0.5, 0.6) is 0 Å². The van der Waals surface area contributed by atoms with Gasteiger partial charge in [0.05, 0.1) is 21.8 Å². The number of carbonyl (C=O) groups excluding carboxylic acids is 1. The van der Waals surface area contributed by atoms with E-state index < -0.39 is 24.3 Å². The summed E-state index contributed by atoms with van der Waals surface area (Å²) in [7, 11) is 0. The zero-order valence-corrected chi connectivity index (χ0v) is 22.5. The van der Waals surface area contributed by atoms with E-state index in [0.717, 1.165) is 36.8 Å². The van der Waals surface area contributed by atoms with Crippen LogP contribution < -0.4 is 4.90 Å². The van der Waals surface area contributed by atoms with E-state index in [9.17, 15) is 31.1 Å². The normalized spacial score (nSPS) is 17.6. The van der Waals surface area contributed by atoms with Crippen molar-refractivity contribution < 1.29 is 50.9 Å². The van der Waals surface area contributed by atoms with Gasteiger partial charge in [-0.2, -0.15) is 26.3 Å². The van der Waals surface area contributed by atoms with Gasteiger partial charge in [0.1, 0.15) is 5.69 Å². The second kappa shape index (κ2) is 12.7. The number of hydrogen-bond donors (Lipinski definition) is 2. The smallest absolute Gasteiger partial charge is 0.475 e. The van der Waals surface area contributed by atoms with E-state index in [1.54, 1.807) is 6.20 Å². The third-order valence-corrected chi connectivity index (χ3v) is 6.96. The zero-order chi connectivity index (χ0) is 31.3. The van der Waals surface area contributed by atoms with E-state index in [2.05, 4.69) is 27.0 Å². The fourth-order valence-corrected chi connectivity index (χ4v) is 5.02. The van der Waals surface area contributed by atoms with Crippen molar-refractivity contribution in [2.24, 2.45) is 0 Å². The Morgan fingerprint density at radius 1 is 1.00 bits per heavy atom. The lowest BCUT2D eigenvalue weighted by molar-refractivity contribution is -0.193. The van der Waals surface area contributed by atoms with Gasteiger partial charge < -0.3 is 20.0 Å². The average molecular weight is 620 g/mol. The van der Waals surface area contributed by atoms with E-state index in [1.165, 1.54) is 22.6 Å². The number of likely N-dealkylation sites (tertiary alicyclic amines) is 1. The van der Waals surface area contributed by atoms with Gasteiger partial charge in [-0.1, -0.05) is 6.07 Å². The third-order valence-electron chi connectivity index (χ3n) is 6.18. The topological polar surface area (TPSA) is 137 Å². The molecule has 5 heterocycles. The molecule has 42 heavy (non-hydrogen) atoms. The van der Waals surface area contributed by atoms with E-state index >= 15 is 0 Å². The number of aryl methyl sites for hydroxylation is 1. The molecule has 2 N–H and O–H groups in total. The van der Waals surface area contributed by atoms with Crippen molar-refractivity contribution >= 4 is 34.9 Å². The molecular weight excluding hydrogens is 596 g/mol. The SMILES string of the molecule is Cc1nc(C(=O)N2CCC3(C2)CN(Cc2cccnc2)c2cccnc23)cs1.O=C(O)C(F)(F)F.O=C(O)C(F)(F)F. The van der Waals surface area contributed by atoms with E-state index in [4.69, 9.17) is 24.8 Å². The number of nitrogens with zero attached hydrogens (tertiary/aromatic N) is 5. The summed E-state index contributed by atoms with van der Waals surface area (Å²) < 4.78 is 63.5.